The molecule has 0 radical (unpaired) electrons. The van der Waals surface area contributed by atoms with Crippen molar-refractivity contribution in [2.75, 3.05) is 7.05 Å². The maximum absolute atomic E-state index is 13.0. The summed E-state index contributed by atoms with van der Waals surface area (Å²) in [6.07, 6.45) is 1.78. The fourth-order valence-corrected chi connectivity index (χ4v) is 3.39. The fourth-order valence-electron chi connectivity index (χ4n) is 3.39. The summed E-state index contributed by atoms with van der Waals surface area (Å²) in [5, 5.41) is 2.06. The second kappa shape index (κ2) is 6.30. The zero-order chi connectivity index (χ0) is 18.3. The van der Waals surface area contributed by atoms with Crippen molar-refractivity contribution in [1.29, 1.82) is 0 Å². The number of amides is 1. The van der Waals surface area contributed by atoms with Gasteiger partial charge in [0.05, 0.1) is 5.52 Å². The molecule has 26 heavy (non-hydrogen) atoms. The Labute approximate surface area is 152 Å². The standard InChI is InChI=1S/C22H20N2O2/c1-14-7-4-9-17-15(2)21(26-20(14)17)22(25)24(3)13-16-8-5-11-19-18(16)10-6-12-23-19/h4-12H,13H2,1-3H3. The molecule has 0 saturated carbocycles. The first-order valence-corrected chi connectivity index (χ1v) is 8.63. The molecule has 0 aliphatic rings. The van der Waals surface area contributed by atoms with E-state index in [9.17, 15) is 4.79 Å². The van der Waals surface area contributed by atoms with E-state index < -0.39 is 0 Å². The third-order valence-electron chi connectivity index (χ3n) is 4.85. The predicted molar refractivity (Wildman–Crippen MR) is 103 cm³/mol. The summed E-state index contributed by atoms with van der Waals surface area (Å²) in [7, 11) is 1.80. The lowest BCUT2D eigenvalue weighted by Gasteiger charge is -2.17. The molecule has 1 amide bonds. The summed E-state index contributed by atoms with van der Waals surface area (Å²) in [4.78, 5) is 19.1. The SMILES string of the molecule is Cc1c(C(=O)N(C)Cc2cccc3ncccc23)oc2c(C)cccc12. The Kier molecular flexibility index (Phi) is 3.96. The molecular weight excluding hydrogens is 324 g/mol. The van der Waals surface area contributed by atoms with Crippen molar-refractivity contribution in [3.63, 3.8) is 0 Å². The Morgan fingerprint density at radius 2 is 1.81 bits per heavy atom. The Bertz CT molecular complexity index is 1120. The Balaban J connectivity index is 1.68. The molecule has 4 rings (SSSR count). The first-order chi connectivity index (χ1) is 12.6. The van der Waals surface area contributed by atoms with Gasteiger partial charge in [0.2, 0.25) is 0 Å². The first kappa shape index (κ1) is 16.3. The van der Waals surface area contributed by atoms with Gasteiger partial charge in [0.25, 0.3) is 5.91 Å². The molecule has 2 aromatic carbocycles. The van der Waals surface area contributed by atoms with Gasteiger partial charge >= 0.3 is 0 Å². The first-order valence-electron chi connectivity index (χ1n) is 8.63. The number of para-hydroxylation sites is 1. The number of pyridine rings is 1. The van der Waals surface area contributed by atoms with Gasteiger partial charge in [-0.05, 0) is 37.1 Å². The molecule has 4 heteroatoms. The summed E-state index contributed by atoms with van der Waals surface area (Å²) < 4.78 is 5.93. The minimum atomic E-state index is -0.112. The summed E-state index contributed by atoms with van der Waals surface area (Å²) >= 11 is 0. The zero-order valence-electron chi connectivity index (χ0n) is 15.1. The number of nitrogens with zero attached hydrogens (tertiary/aromatic N) is 2. The summed E-state index contributed by atoms with van der Waals surface area (Å²) in [6.45, 7) is 4.43. The Morgan fingerprint density at radius 3 is 2.62 bits per heavy atom. The van der Waals surface area contributed by atoms with Gasteiger partial charge < -0.3 is 9.32 Å². The van der Waals surface area contributed by atoms with Gasteiger partial charge in [-0.3, -0.25) is 9.78 Å². The minimum Gasteiger partial charge on any atom is -0.450 e. The van der Waals surface area contributed by atoms with E-state index in [2.05, 4.69) is 4.98 Å². The molecule has 2 heterocycles. The van der Waals surface area contributed by atoms with Crippen molar-refractivity contribution >= 4 is 27.8 Å². The van der Waals surface area contributed by atoms with Gasteiger partial charge in [0, 0.05) is 36.1 Å². The lowest BCUT2D eigenvalue weighted by Crippen LogP contribution is -2.26. The van der Waals surface area contributed by atoms with Gasteiger partial charge in [0.1, 0.15) is 5.58 Å². The number of rotatable bonds is 3. The lowest BCUT2D eigenvalue weighted by molar-refractivity contribution is 0.0755. The van der Waals surface area contributed by atoms with E-state index in [1.54, 1.807) is 18.1 Å². The summed E-state index contributed by atoms with van der Waals surface area (Å²) in [5.74, 6) is 0.300. The van der Waals surface area contributed by atoms with E-state index in [0.717, 1.165) is 38.6 Å². The molecule has 0 unspecified atom stereocenters. The number of hydrogen-bond acceptors (Lipinski definition) is 3. The van der Waals surface area contributed by atoms with Crippen LogP contribution in [0.5, 0.6) is 0 Å². The monoisotopic (exact) mass is 344 g/mol. The fraction of sp³-hybridized carbons (Fsp3) is 0.182. The number of aryl methyl sites for hydroxylation is 2. The molecule has 0 fully saturated rings. The van der Waals surface area contributed by atoms with Crippen molar-refractivity contribution < 1.29 is 9.21 Å². The molecule has 0 aliphatic carbocycles. The molecule has 0 bridgehead atoms. The summed E-state index contributed by atoms with van der Waals surface area (Å²) in [6, 6.07) is 15.9. The van der Waals surface area contributed by atoms with Crippen molar-refractivity contribution in [2.24, 2.45) is 0 Å². The van der Waals surface area contributed by atoms with Crippen LogP contribution < -0.4 is 0 Å². The van der Waals surface area contributed by atoms with Crippen LogP contribution in [-0.2, 0) is 6.54 Å². The number of carbonyl (C=O) groups excluding carboxylic acids is 1. The van der Waals surface area contributed by atoms with Gasteiger partial charge in [0.15, 0.2) is 5.76 Å². The highest BCUT2D eigenvalue weighted by molar-refractivity contribution is 5.99. The number of hydrogen-bond donors (Lipinski definition) is 0. The third kappa shape index (κ3) is 2.64. The predicted octanol–water partition coefficient (Wildman–Crippen LogP) is 4.87. The van der Waals surface area contributed by atoms with Crippen LogP contribution in [0.4, 0.5) is 0 Å². The van der Waals surface area contributed by atoms with Crippen molar-refractivity contribution in [3.05, 3.63) is 77.2 Å². The lowest BCUT2D eigenvalue weighted by atomic mass is 10.1. The molecule has 0 aliphatic heterocycles. The largest absolute Gasteiger partial charge is 0.450 e. The highest BCUT2D eigenvalue weighted by atomic mass is 16.3. The van der Waals surface area contributed by atoms with Gasteiger partial charge in [-0.25, -0.2) is 0 Å². The Hall–Kier alpha value is -3.14. The van der Waals surface area contributed by atoms with Crippen LogP contribution in [0.15, 0.2) is 59.1 Å². The molecule has 130 valence electrons. The van der Waals surface area contributed by atoms with Crippen LogP contribution in [0.3, 0.4) is 0 Å². The number of benzene rings is 2. The normalized spacial score (nSPS) is 11.2. The van der Waals surface area contributed by atoms with Gasteiger partial charge in [-0.15, -0.1) is 0 Å². The number of fused-ring (bicyclic) bond motifs is 2. The van der Waals surface area contributed by atoms with E-state index in [4.69, 9.17) is 4.42 Å². The van der Waals surface area contributed by atoms with E-state index in [0.29, 0.717) is 12.3 Å². The third-order valence-corrected chi connectivity index (χ3v) is 4.85. The number of aromatic nitrogens is 1. The van der Waals surface area contributed by atoms with E-state index in [1.165, 1.54) is 0 Å². The van der Waals surface area contributed by atoms with Crippen molar-refractivity contribution in [2.45, 2.75) is 20.4 Å². The quantitative estimate of drug-likeness (QED) is 0.533. The maximum Gasteiger partial charge on any atom is 0.289 e. The number of furan rings is 1. The van der Waals surface area contributed by atoms with Crippen molar-refractivity contribution in [1.82, 2.24) is 9.88 Å². The molecular formula is C22H20N2O2. The van der Waals surface area contributed by atoms with Crippen LogP contribution in [0.2, 0.25) is 0 Å². The van der Waals surface area contributed by atoms with Crippen LogP contribution in [0, 0.1) is 13.8 Å². The Morgan fingerprint density at radius 1 is 1.04 bits per heavy atom. The average Bonchev–Trinajstić information content (AvgIpc) is 3.00. The van der Waals surface area contributed by atoms with E-state index >= 15 is 0 Å². The molecule has 4 aromatic rings. The second-order valence-electron chi connectivity index (χ2n) is 6.66. The molecule has 0 spiro atoms. The number of carbonyl (C=O) groups is 1. The smallest absolute Gasteiger partial charge is 0.289 e. The minimum absolute atomic E-state index is 0.112. The van der Waals surface area contributed by atoms with Gasteiger partial charge in [-0.2, -0.15) is 0 Å². The molecule has 0 saturated heterocycles. The van der Waals surface area contributed by atoms with Crippen LogP contribution >= 0.6 is 0 Å². The van der Waals surface area contributed by atoms with E-state index in [-0.39, 0.29) is 5.91 Å². The maximum atomic E-state index is 13.0. The highest BCUT2D eigenvalue weighted by Crippen LogP contribution is 2.29. The van der Waals surface area contributed by atoms with E-state index in [1.807, 2.05) is 62.4 Å². The van der Waals surface area contributed by atoms with Crippen LogP contribution in [-0.4, -0.2) is 22.8 Å². The van der Waals surface area contributed by atoms with Crippen LogP contribution in [0.25, 0.3) is 21.9 Å². The van der Waals surface area contributed by atoms with Crippen LogP contribution in [0.1, 0.15) is 27.2 Å². The molecule has 0 N–H and O–H groups in total. The topological polar surface area (TPSA) is 46.3 Å². The summed E-state index contributed by atoms with van der Waals surface area (Å²) in [5.41, 5.74) is 4.71. The zero-order valence-corrected chi connectivity index (χ0v) is 15.1. The molecule has 2 aromatic heterocycles. The molecule has 0 atom stereocenters. The highest BCUT2D eigenvalue weighted by Gasteiger charge is 2.22. The average molecular weight is 344 g/mol. The molecule has 4 nitrogen and oxygen atoms in total. The van der Waals surface area contributed by atoms with Gasteiger partial charge in [-0.1, -0.05) is 36.4 Å². The second-order valence-corrected chi connectivity index (χ2v) is 6.66. The van der Waals surface area contributed by atoms with Crippen molar-refractivity contribution in [3.8, 4) is 0 Å².